The summed E-state index contributed by atoms with van der Waals surface area (Å²) in [5.74, 6) is 0.584. The maximum Gasteiger partial charge on any atom is 0.254 e. The minimum Gasteiger partial charge on any atom is -0.491 e. The molecule has 5 nitrogen and oxygen atoms in total. The van der Waals surface area contributed by atoms with Crippen molar-refractivity contribution in [2.75, 3.05) is 26.4 Å². The first-order valence-electron chi connectivity index (χ1n) is 6.88. The van der Waals surface area contributed by atoms with Crippen LogP contribution in [0.2, 0.25) is 0 Å². The summed E-state index contributed by atoms with van der Waals surface area (Å²) in [5, 5.41) is 9.33. The number of morpholine rings is 1. The van der Waals surface area contributed by atoms with E-state index in [-0.39, 0.29) is 24.7 Å². The molecule has 5 heteroatoms. The molecule has 1 aromatic carbocycles. The number of benzene rings is 1. The van der Waals surface area contributed by atoms with Crippen LogP contribution in [0.4, 0.5) is 0 Å². The van der Waals surface area contributed by atoms with Gasteiger partial charge in [-0.25, -0.2) is 0 Å². The maximum absolute atomic E-state index is 12.5. The number of hydrogen-bond acceptors (Lipinski definition) is 4. The Morgan fingerprint density at radius 3 is 3.05 bits per heavy atom. The Morgan fingerprint density at radius 2 is 2.35 bits per heavy atom. The summed E-state index contributed by atoms with van der Waals surface area (Å²) in [5.41, 5.74) is 0.573. The van der Waals surface area contributed by atoms with Gasteiger partial charge < -0.3 is 19.5 Å². The Morgan fingerprint density at radius 1 is 1.55 bits per heavy atom. The van der Waals surface area contributed by atoms with Gasteiger partial charge in [0.2, 0.25) is 0 Å². The average Bonchev–Trinajstić information content (AvgIpc) is 2.46. The molecule has 0 spiro atoms. The number of aliphatic hydroxyl groups is 1. The molecule has 1 fully saturated rings. The molecule has 1 aliphatic heterocycles. The lowest BCUT2D eigenvalue weighted by molar-refractivity contribution is -0.0184. The van der Waals surface area contributed by atoms with Crippen molar-refractivity contribution in [2.45, 2.75) is 26.0 Å². The highest BCUT2D eigenvalue weighted by Gasteiger charge is 2.27. The first-order valence-corrected chi connectivity index (χ1v) is 6.88. The Bertz CT molecular complexity index is 461. The molecule has 1 amide bonds. The van der Waals surface area contributed by atoms with E-state index in [1.807, 2.05) is 19.9 Å². The number of nitrogens with zero attached hydrogens (tertiary/aromatic N) is 1. The van der Waals surface area contributed by atoms with Crippen LogP contribution < -0.4 is 4.74 Å². The van der Waals surface area contributed by atoms with Crippen LogP contribution >= 0.6 is 0 Å². The molecule has 1 N–H and O–H groups in total. The number of aliphatic hydroxyl groups excluding tert-OH is 1. The van der Waals surface area contributed by atoms with Crippen LogP contribution in [0.3, 0.4) is 0 Å². The third-order valence-electron chi connectivity index (χ3n) is 3.15. The predicted molar refractivity (Wildman–Crippen MR) is 74.9 cm³/mol. The lowest BCUT2D eigenvalue weighted by atomic mass is 10.1. The summed E-state index contributed by atoms with van der Waals surface area (Å²) in [4.78, 5) is 14.2. The molecular weight excluding hydrogens is 258 g/mol. The van der Waals surface area contributed by atoms with Crippen LogP contribution in [0.15, 0.2) is 24.3 Å². The van der Waals surface area contributed by atoms with E-state index < -0.39 is 0 Å². The van der Waals surface area contributed by atoms with Crippen molar-refractivity contribution in [3.05, 3.63) is 29.8 Å². The van der Waals surface area contributed by atoms with Gasteiger partial charge in [0.15, 0.2) is 0 Å². The molecule has 1 heterocycles. The zero-order valence-corrected chi connectivity index (χ0v) is 11.9. The third kappa shape index (κ3) is 3.49. The van der Waals surface area contributed by atoms with Gasteiger partial charge in [-0.05, 0) is 32.0 Å². The van der Waals surface area contributed by atoms with Gasteiger partial charge in [0.05, 0.1) is 32.0 Å². The molecule has 110 valence electrons. The molecule has 0 saturated carbocycles. The minimum atomic E-state index is -0.272. The summed E-state index contributed by atoms with van der Waals surface area (Å²) in [7, 11) is 0. The molecule has 0 aliphatic carbocycles. The molecule has 0 bridgehead atoms. The van der Waals surface area contributed by atoms with E-state index in [1.54, 1.807) is 23.1 Å². The predicted octanol–water partition coefficient (Wildman–Crippen LogP) is 1.31. The van der Waals surface area contributed by atoms with Gasteiger partial charge in [-0.2, -0.15) is 0 Å². The van der Waals surface area contributed by atoms with E-state index in [1.165, 1.54) is 0 Å². The summed E-state index contributed by atoms with van der Waals surface area (Å²) in [6.45, 7) is 5.18. The monoisotopic (exact) mass is 279 g/mol. The van der Waals surface area contributed by atoms with Crippen molar-refractivity contribution in [1.29, 1.82) is 0 Å². The summed E-state index contributed by atoms with van der Waals surface area (Å²) in [6.07, 6.45) is 0.0638. The van der Waals surface area contributed by atoms with Crippen LogP contribution in [0.5, 0.6) is 5.75 Å². The molecule has 1 atom stereocenters. The van der Waals surface area contributed by atoms with Crippen molar-refractivity contribution >= 4 is 5.91 Å². The largest absolute Gasteiger partial charge is 0.491 e. The molecule has 1 aromatic rings. The minimum absolute atomic E-state index is 0.0638. The number of hydrogen-bond donors (Lipinski definition) is 1. The fourth-order valence-electron chi connectivity index (χ4n) is 2.21. The number of carbonyl (C=O) groups is 1. The van der Waals surface area contributed by atoms with Crippen LogP contribution in [0.1, 0.15) is 24.2 Å². The fourth-order valence-corrected chi connectivity index (χ4v) is 2.21. The Balaban J connectivity index is 2.15. The van der Waals surface area contributed by atoms with E-state index >= 15 is 0 Å². The summed E-state index contributed by atoms with van der Waals surface area (Å²) >= 11 is 0. The number of rotatable bonds is 4. The van der Waals surface area contributed by atoms with Gasteiger partial charge in [-0.1, -0.05) is 6.07 Å². The number of amides is 1. The zero-order valence-electron chi connectivity index (χ0n) is 11.9. The van der Waals surface area contributed by atoms with E-state index in [2.05, 4.69) is 0 Å². The van der Waals surface area contributed by atoms with E-state index in [0.717, 1.165) is 0 Å². The van der Waals surface area contributed by atoms with Crippen molar-refractivity contribution in [3.8, 4) is 5.75 Å². The summed E-state index contributed by atoms with van der Waals surface area (Å²) < 4.78 is 10.9. The molecule has 1 aliphatic rings. The Labute approximate surface area is 119 Å². The van der Waals surface area contributed by atoms with Crippen LogP contribution in [-0.4, -0.2) is 54.4 Å². The van der Waals surface area contributed by atoms with E-state index in [4.69, 9.17) is 9.47 Å². The molecule has 1 saturated heterocycles. The lowest BCUT2D eigenvalue weighted by Crippen LogP contribution is -2.50. The quantitative estimate of drug-likeness (QED) is 0.902. The van der Waals surface area contributed by atoms with Crippen molar-refractivity contribution in [1.82, 2.24) is 4.90 Å². The van der Waals surface area contributed by atoms with Gasteiger partial charge in [0, 0.05) is 12.1 Å². The van der Waals surface area contributed by atoms with Crippen LogP contribution in [0.25, 0.3) is 0 Å². The fraction of sp³-hybridized carbons (Fsp3) is 0.533. The SMILES string of the molecule is CC(C)Oc1cccc(C(=O)N2CCOCC2CO)c1. The number of ether oxygens (including phenoxy) is 2. The molecule has 0 aromatic heterocycles. The van der Waals surface area contributed by atoms with Gasteiger partial charge in [-0.3, -0.25) is 4.79 Å². The van der Waals surface area contributed by atoms with E-state index in [0.29, 0.717) is 31.1 Å². The molecule has 0 radical (unpaired) electrons. The highest BCUT2D eigenvalue weighted by molar-refractivity contribution is 5.94. The molecule has 1 unspecified atom stereocenters. The first-order chi connectivity index (χ1) is 9.61. The summed E-state index contributed by atoms with van der Waals surface area (Å²) in [6, 6.07) is 6.87. The smallest absolute Gasteiger partial charge is 0.254 e. The van der Waals surface area contributed by atoms with Crippen LogP contribution in [-0.2, 0) is 4.74 Å². The standard InChI is InChI=1S/C15H21NO4/c1-11(2)20-14-5-3-4-12(8-14)15(18)16-6-7-19-10-13(16)9-17/h3-5,8,11,13,17H,6-7,9-10H2,1-2H3. The Kier molecular flexibility index (Phi) is 4.98. The second-order valence-corrected chi connectivity index (χ2v) is 5.10. The Hall–Kier alpha value is -1.59. The highest BCUT2D eigenvalue weighted by atomic mass is 16.5. The topological polar surface area (TPSA) is 59.0 Å². The second-order valence-electron chi connectivity index (χ2n) is 5.10. The highest BCUT2D eigenvalue weighted by Crippen LogP contribution is 2.18. The van der Waals surface area contributed by atoms with E-state index in [9.17, 15) is 9.90 Å². The first kappa shape index (κ1) is 14.8. The molecular formula is C15H21NO4. The van der Waals surface area contributed by atoms with Crippen molar-refractivity contribution in [3.63, 3.8) is 0 Å². The lowest BCUT2D eigenvalue weighted by Gasteiger charge is -2.34. The third-order valence-corrected chi connectivity index (χ3v) is 3.15. The van der Waals surface area contributed by atoms with Gasteiger partial charge in [0.1, 0.15) is 5.75 Å². The van der Waals surface area contributed by atoms with Gasteiger partial charge >= 0.3 is 0 Å². The number of carbonyl (C=O) groups excluding carboxylic acids is 1. The van der Waals surface area contributed by atoms with Crippen LogP contribution in [0, 0.1) is 0 Å². The van der Waals surface area contributed by atoms with Gasteiger partial charge in [0.25, 0.3) is 5.91 Å². The second kappa shape index (κ2) is 6.72. The molecule has 20 heavy (non-hydrogen) atoms. The average molecular weight is 279 g/mol. The van der Waals surface area contributed by atoms with Crippen molar-refractivity contribution < 1.29 is 19.4 Å². The van der Waals surface area contributed by atoms with Crippen molar-refractivity contribution in [2.24, 2.45) is 0 Å². The zero-order chi connectivity index (χ0) is 14.5. The normalized spacial score (nSPS) is 19.2. The maximum atomic E-state index is 12.5. The molecule has 2 rings (SSSR count). The van der Waals surface area contributed by atoms with Gasteiger partial charge in [-0.15, -0.1) is 0 Å².